The van der Waals surface area contributed by atoms with Crippen LogP contribution in [0.2, 0.25) is 0 Å². The van der Waals surface area contributed by atoms with Crippen molar-refractivity contribution >= 4 is 0 Å². The zero-order valence-electron chi connectivity index (χ0n) is 12.5. The Balaban J connectivity index is 2.06. The van der Waals surface area contributed by atoms with Crippen LogP contribution in [0.4, 0.5) is 0 Å². The van der Waals surface area contributed by atoms with Gasteiger partial charge in [-0.15, -0.1) is 0 Å². The molecular formula is C19H25N. The van der Waals surface area contributed by atoms with Gasteiger partial charge in [-0.05, 0) is 36.4 Å². The van der Waals surface area contributed by atoms with E-state index in [1.807, 2.05) is 0 Å². The molecule has 0 aromatic heterocycles. The van der Waals surface area contributed by atoms with E-state index in [4.69, 9.17) is 0 Å². The third-order valence-electron chi connectivity index (χ3n) is 3.57. The maximum Gasteiger partial charge on any atom is 0.0576 e. The predicted octanol–water partition coefficient (Wildman–Crippen LogP) is 4.80. The molecule has 1 N–H and O–H groups in total. The van der Waals surface area contributed by atoms with Crippen LogP contribution in [-0.4, -0.2) is 6.54 Å². The molecule has 0 aliphatic carbocycles. The molecule has 0 saturated heterocycles. The normalized spacial score (nSPS) is 11.2. The molecule has 1 heteroatoms. The monoisotopic (exact) mass is 267 g/mol. The van der Waals surface area contributed by atoms with Crippen molar-refractivity contribution in [3.63, 3.8) is 0 Å². The summed E-state index contributed by atoms with van der Waals surface area (Å²) >= 11 is 0. The highest BCUT2D eigenvalue weighted by Crippen LogP contribution is 2.21. The Kier molecular flexibility index (Phi) is 5.82. The number of hydrogen-bond acceptors (Lipinski definition) is 1. The first kappa shape index (κ1) is 14.8. The quantitative estimate of drug-likeness (QED) is 0.710. The summed E-state index contributed by atoms with van der Waals surface area (Å²) in [5.41, 5.74) is 2.67. The summed E-state index contributed by atoms with van der Waals surface area (Å²) in [6, 6.07) is 21.7. The van der Waals surface area contributed by atoms with E-state index in [9.17, 15) is 0 Å². The molecule has 0 aliphatic heterocycles. The summed E-state index contributed by atoms with van der Waals surface area (Å²) < 4.78 is 0. The van der Waals surface area contributed by atoms with Crippen LogP contribution < -0.4 is 5.32 Å². The molecule has 1 nitrogen and oxygen atoms in total. The van der Waals surface area contributed by atoms with Crippen molar-refractivity contribution in [2.75, 3.05) is 6.54 Å². The van der Waals surface area contributed by atoms with Crippen LogP contribution in [0.15, 0.2) is 60.7 Å². The summed E-state index contributed by atoms with van der Waals surface area (Å²) in [5, 5.41) is 3.71. The minimum atomic E-state index is 0.296. The summed E-state index contributed by atoms with van der Waals surface area (Å²) in [7, 11) is 0. The first-order valence-corrected chi connectivity index (χ1v) is 7.60. The SMILES string of the molecule is CC(C)CCCNC(c1ccccc1)c1ccccc1. The highest BCUT2D eigenvalue weighted by atomic mass is 14.9. The van der Waals surface area contributed by atoms with Gasteiger partial charge in [-0.25, -0.2) is 0 Å². The fraction of sp³-hybridized carbons (Fsp3) is 0.368. The standard InChI is InChI=1S/C19H25N/c1-16(2)10-9-15-20-19(17-11-5-3-6-12-17)18-13-7-4-8-14-18/h3-8,11-14,16,19-20H,9-10,15H2,1-2H3. The Labute approximate surface area is 123 Å². The van der Waals surface area contributed by atoms with Gasteiger partial charge in [0.25, 0.3) is 0 Å². The van der Waals surface area contributed by atoms with Crippen LogP contribution in [0.25, 0.3) is 0 Å². The lowest BCUT2D eigenvalue weighted by Gasteiger charge is -2.20. The van der Waals surface area contributed by atoms with Crippen LogP contribution >= 0.6 is 0 Å². The van der Waals surface area contributed by atoms with Crippen molar-refractivity contribution in [1.82, 2.24) is 5.32 Å². The number of nitrogens with one attached hydrogen (secondary N) is 1. The average Bonchev–Trinajstić information content (AvgIpc) is 2.49. The molecule has 20 heavy (non-hydrogen) atoms. The van der Waals surface area contributed by atoms with Crippen molar-refractivity contribution < 1.29 is 0 Å². The molecule has 0 spiro atoms. The van der Waals surface area contributed by atoms with Gasteiger partial charge < -0.3 is 5.32 Å². The second-order valence-electron chi connectivity index (χ2n) is 5.74. The van der Waals surface area contributed by atoms with Gasteiger partial charge in [0.1, 0.15) is 0 Å². The van der Waals surface area contributed by atoms with E-state index in [0.717, 1.165) is 12.5 Å². The van der Waals surface area contributed by atoms with E-state index in [1.165, 1.54) is 24.0 Å². The van der Waals surface area contributed by atoms with E-state index in [-0.39, 0.29) is 0 Å². The van der Waals surface area contributed by atoms with Crippen molar-refractivity contribution in [1.29, 1.82) is 0 Å². The van der Waals surface area contributed by atoms with E-state index in [0.29, 0.717) is 6.04 Å². The Morgan fingerprint density at radius 3 is 1.75 bits per heavy atom. The van der Waals surface area contributed by atoms with Gasteiger partial charge in [0.05, 0.1) is 6.04 Å². The van der Waals surface area contributed by atoms with E-state index in [2.05, 4.69) is 79.8 Å². The van der Waals surface area contributed by atoms with Crippen molar-refractivity contribution in [2.45, 2.75) is 32.7 Å². The Morgan fingerprint density at radius 1 is 0.800 bits per heavy atom. The lowest BCUT2D eigenvalue weighted by atomic mass is 9.98. The number of rotatable bonds is 7. The first-order valence-electron chi connectivity index (χ1n) is 7.60. The lowest BCUT2D eigenvalue weighted by molar-refractivity contribution is 0.508. The second kappa shape index (κ2) is 7.86. The Morgan fingerprint density at radius 2 is 1.30 bits per heavy atom. The minimum absolute atomic E-state index is 0.296. The van der Waals surface area contributed by atoms with Crippen molar-refractivity contribution in [3.05, 3.63) is 71.8 Å². The molecule has 0 unspecified atom stereocenters. The van der Waals surface area contributed by atoms with Crippen LogP contribution in [0.1, 0.15) is 43.9 Å². The fourth-order valence-corrected chi connectivity index (χ4v) is 2.48. The highest BCUT2D eigenvalue weighted by Gasteiger charge is 2.12. The molecule has 0 atom stereocenters. The van der Waals surface area contributed by atoms with E-state index in [1.54, 1.807) is 0 Å². The topological polar surface area (TPSA) is 12.0 Å². The third-order valence-corrected chi connectivity index (χ3v) is 3.57. The van der Waals surface area contributed by atoms with Gasteiger partial charge in [-0.2, -0.15) is 0 Å². The third kappa shape index (κ3) is 4.50. The smallest absolute Gasteiger partial charge is 0.0576 e. The summed E-state index contributed by atoms with van der Waals surface area (Å²) in [6.45, 7) is 5.63. The molecule has 0 radical (unpaired) electrons. The summed E-state index contributed by atoms with van der Waals surface area (Å²) in [4.78, 5) is 0. The maximum absolute atomic E-state index is 3.71. The van der Waals surface area contributed by atoms with E-state index < -0.39 is 0 Å². The second-order valence-corrected chi connectivity index (χ2v) is 5.74. The molecule has 0 bridgehead atoms. The van der Waals surface area contributed by atoms with Gasteiger partial charge in [0, 0.05) is 0 Å². The number of hydrogen-bond donors (Lipinski definition) is 1. The Hall–Kier alpha value is -1.60. The maximum atomic E-state index is 3.71. The van der Waals surface area contributed by atoms with Crippen LogP contribution in [0, 0.1) is 5.92 Å². The van der Waals surface area contributed by atoms with Crippen molar-refractivity contribution in [3.8, 4) is 0 Å². The van der Waals surface area contributed by atoms with Crippen LogP contribution in [0.5, 0.6) is 0 Å². The molecule has 0 heterocycles. The van der Waals surface area contributed by atoms with E-state index >= 15 is 0 Å². The predicted molar refractivity (Wildman–Crippen MR) is 86.8 cm³/mol. The molecular weight excluding hydrogens is 242 g/mol. The zero-order valence-corrected chi connectivity index (χ0v) is 12.5. The summed E-state index contributed by atoms with van der Waals surface area (Å²) in [6.07, 6.45) is 2.51. The fourth-order valence-electron chi connectivity index (χ4n) is 2.48. The highest BCUT2D eigenvalue weighted by molar-refractivity contribution is 5.31. The molecule has 2 aromatic carbocycles. The Bertz CT molecular complexity index is 436. The van der Waals surface area contributed by atoms with Gasteiger partial charge in [0.2, 0.25) is 0 Å². The first-order chi connectivity index (χ1) is 9.77. The van der Waals surface area contributed by atoms with Crippen LogP contribution in [0.3, 0.4) is 0 Å². The van der Waals surface area contributed by atoms with Crippen molar-refractivity contribution in [2.24, 2.45) is 5.92 Å². The van der Waals surface area contributed by atoms with Gasteiger partial charge in [0.15, 0.2) is 0 Å². The average molecular weight is 267 g/mol. The molecule has 0 fully saturated rings. The molecule has 106 valence electrons. The number of benzene rings is 2. The molecule has 2 rings (SSSR count). The van der Waals surface area contributed by atoms with Gasteiger partial charge >= 0.3 is 0 Å². The molecule has 0 aliphatic rings. The van der Waals surface area contributed by atoms with Gasteiger partial charge in [-0.1, -0.05) is 74.5 Å². The largest absolute Gasteiger partial charge is 0.306 e. The lowest BCUT2D eigenvalue weighted by Crippen LogP contribution is -2.23. The minimum Gasteiger partial charge on any atom is -0.306 e. The van der Waals surface area contributed by atoms with Crippen LogP contribution in [-0.2, 0) is 0 Å². The summed E-state index contributed by atoms with van der Waals surface area (Å²) in [5.74, 6) is 0.781. The molecule has 0 amide bonds. The molecule has 2 aromatic rings. The zero-order chi connectivity index (χ0) is 14.2. The van der Waals surface area contributed by atoms with Gasteiger partial charge in [-0.3, -0.25) is 0 Å². The molecule has 0 saturated carbocycles.